The van der Waals surface area contributed by atoms with Gasteiger partial charge in [0.1, 0.15) is 0 Å². The topological polar surface area (TPSA) is 61.8 Å². The highest BCUT2D eigenvalue weighted by Crippen LogP contribution is 2.54. The Morgan fingerprint density at radius 1 is 1.55 bits per heavy atom. The number of ketones is 1. The van der Waals surface area contributed by atoms with E-state index in [0.717, 1.165) is 0 Å². The van der Waals surface area contributed by atoms with Crippen molar-refractivity contribution in [2.75, 3.05) is 20.3 Å². The normalized spacial score (nSPS) is 41.6. The number of allylic oxidation sites excluding steroid dienone is 2. The van der Waals surface area contributed by atoms with Crippen LogP contribution in [-0.2, 0) is 23.8 Å². The summed E-state index contributed by atoms with van der Waals surface area (Å²) < 4.78 is 15.9. The van der Waals surface area contributed by atoms with Crippen LogP contribution in [0.2, 0.25) is 0 Å². The van der Waals surface area contributed by atoms with E-state index in [1.165, 1.54) is 13.2 Å². The van der Waals surface area contributed by atoms with Crippen molar-refractivity contribution in [1.82, 2.24) is 0 Å². The van der Waals surface area contributed by atoms with Crippen molar-refractivity contribution in [3.8, 4) is 0 Å². The summed E-state index contributed by atoms with van der Waals surface area (Å²) >= 11 is 0. The van der Waals surface area contributed by atoms with Gasteiger partial charge in [0, 0.05) is 30.9 Å². The first kappa shape index (κ1) is 13.5. The first-order valence-electron chi connectivity index (χ1n) is 6.90. The summed E-state index contributed by atoms with van der Waals surface area (Å²) in [4.78, 5) is 24.0. The molecule has 0 aromatic carbocycles. The maximum Gasteiger partial charge on any atom is 0.330 e. The number of rotatable bonds is 4. The molecular formula is C15H18O5. The van der Waals surface area contributed by atoms with Gasteiger partial charge in [-0.3, -0.25) is 4.79 Å². The molecule has 5 heteroatoms. The van der Waals surface area contributed by atoms with E-state index in [1.807, 2.05) is 12.2 Å². The minimum absolute atomic E-state index is 0.0207. The van der Waals surface area contributed by atoms with Gasteiger partial charge in [0.15, 0.2) is 5.78 Å². The summed E-state index contributed by atoms with van der Waals surface area (Å²) in [6, 6.07) is 0. The molecule has 5 nitrogen and oxygen atoms in total. The predicted molar refractivity (Wildman–Crippen MR) is 69.6 cm³/mol. The number of hydrogen-bond acceptors (Lipinski definition) is 5. The van der Waals surface area contributed by atoms with Gasteiger partial charge in [-0.1, -0.05) is 18.2 Å². The highest BCUT2D eigenvalue weighted by atomic mass is 16.7. The molecule has 2 fully saturated rings. The fourth-order valence-electron chi connectivity index (χ4n) is 3.62. The fraction of sp³-hybridized carbons (Fsp3) is 0.600. The smallest absolute Gasteiger partial charge is 0.330 e. The zero-order chi connectivity index (χ0) is 14.3. The maximum atomic E-state index is 12.5. The summed E-state index contributed by atoms with van der Waals surface area (Å²) in [6.07, 6.45) is 7.14. The highest BCUT2D eigenvalue weighted by Gasteiger charge is 2.65. The van der Waals surface area contributed by atoms with E-state index in [4.69, 9.17) is 14.2 Å². The number of carbonyl (C=O) groups excluding carboxylic acids is 2. The molecule has 0 N–H and O–H groups in total. The maximum absolute atomic E-state index is 12.5. The lowest BCUT2D eigenvalue weighted by atomic mass is 9.60. The Balaban J connectivity index is 1.85. The molecule has 0 radical (unpaired) electrons. The molecule has 1 saturated heterocycles. The van der Waals surface area contributed by atoms with Crippen molar-refractivity contribution in [2.24, 2.45) is 23.7 Å². The Morgan fingerprint density at radius 2 is 2.35 bits per heavy atom. The Morgan fingerprint density at radius 3 is 3.05 bits per heavy atom. The lowest BCUT2D eigenvalue weighted by molar-refractivity contribution is -0.216. The van der Waals surface area contributed by atoms with E-state index in [-0.39, 0.29) is 35.4 Å². The SMILES string of the molecule is CCOC(=O)/C=C/[C@@H]1[C@H]2CO[C@@]3(OC)C(=O)[C@@H]1C=C[C@@H]23. The van der Waals surface area contributed by atoms with E-state index in [2.05, 4.69) is 0 Å². The van der Waals surface area contributed by atoms with Crippen molar-refractivity contribution in [2.45, 2.75) is 12.7 Å². The minimum atomic E-state index is -1.10. The summed E-state index contributed by atoms with van der Waals surface area (Å²) in [5.41, 5.74) is 0. The number of Topliss-reactive ketones (excluding diaryl/α,β-unsaturated/α-hetero) is 1. The monoisotopic (exact) mass is 278 g/mol. The zero-order valence-electron chi connectivity index (χ0n) is 11.6. The quantitative estimate of drug-likeness (QED) is 0.438. The van der Waals surface area contributed by atoms with E-state index in [0.29, 0.717) is 13.2 Å². The predicted octanol–water partition coefficient (Wildman–Crippen LogP) is 1.10. The Bertz CT molecular complexity index is 494. The molecule has 1 saturated carbocycles. The van der Waals surface area contributed by atoms with Crippen LogP contribution in [0.25, 0.3) is 0 Å². The third kappa shape index (κ3) is 1.70. The zero-order valence-corrected chi connectivity index (χ0v) is 11.6. The van der Waals surface area contributed by atoms with Crippen LogP contribution in [0.5, 0.6) is 0 Å². The van der Waals surface area contributed by atoms with Crippen LogP contribution < -0.4 is 0 Å². The molecule has 0 aromatic rings. The van der Waals surface area contributed by atoms with Crippen LogP contribution in [-0.4, -0.2) is 37.9 Å². The molecule has 20 heavy (non-hydrogen) atoms. The second-order valence-corrected chi connectivity index (χ2v) is 5.34. The summed E-state index contributed by atoms with van der Waals surface area (Å²) in [7, 11) is 1.51. The highest BCUT2D eigenvalue weighted by molar-refractivity contribution is 5.93. The molecule has 3 aliphatic carbocycles. The molecule has 5 atom stereocenters. The lowest BCUT2D eigenvalue weighted by Crippen LogP contribution is -2.57. The van der Waals surface area contributed by atoms with Crippen molar-refractivity contribution in [3.05, 3.63) is 24.3 Å². The van der Waals surface area contributed by atoms with Gasteiger partial charge < -0.3 is 14.2 Å². The van der Waals surface area contributed by atoms with Crippen LogP contribution in [0.15, 0.2) is 24.3 Å². The average Bonchev–Trinajstić information content (AvgIpc) is 2.81. The van der Waals surface area contributed by atoms with Gasteiger partial charge in [-0.05, 0) is 12.8 Å². The average molecular weight is 278 g/mol. The molecular weight excluding hydrogens is 260 g/mol. The Hall–Kier alpha value is -1.46. The molecule has 0 unspecified atom stereocenters. The van der Waals surface area contributed by atoms with E-state index in [9.17, 15) is 9.59 Å². The number of methoxy groups -OCH3 is 1. The van der Waals surface area contributed by atoms with Crippen molar-refractivity contribution in [1.29, 1.82) is 0 Å². The van der Waals surface area contributed by atoms with E-state index in [1.54, 1.807) is 13.0 Å². The van der Waals surface area contributed by atoms with Gasteiger partial charge >= 0.3 is 5.97 Å². The first-order valence-corrected chi connectivity index (χ1v) is 6.90. The van der Waals surface area contributed by atoms with Gasteiger partial charge in [0.2, 0.25) is 5.79 Å². The van der Waals surface area contributed by atoms with Crippen molar-refractivity contribution < 1.29 is 23.8 Å². The van der Waals surface area contributed by atoms with Gasteiger partial charge in [-0.15, -0.1) is 0 Å². The standard InChI is InChI=1S/C15H18O5/c1-3-19-13(16)7-5-9-10-4-6-12-11(9)8-20-15(12,18-2)14(10)17/h4-7,9-12H,3,8H2,1-2H3/b7-5+/t9-,10+,11+,12-,15+/m0/s1. The molecule has 1 aliphatic heterocycles. The van der Waals surface area contributed by atoms with E-state index < -0.39 is 5.79 Å². The molecule has 0 aromatic heterocycles. The number of hydrogen-bond donors (Lipinski definition) is 0. The van der Waals surface area contributed by atoms with Gasteiger partial charge in [-0.2, -0.15) is 0 Å². The van der Waals surface area contributed by atoms with Crippen LogP contribution in [0.1, 0.15) is 6.92 Å². The van der Waals surface area contributed by atoms with Crippen LogP contribution in [0.4, 0.5) is 0 Å². The fourth-order valence-corrected chi connectivity index (χ4v) is 3.62. The first-order chi connectivity index (χ1) is 9.64. The summed E-state index contributed by atoms with van der Waals surface area (Å²) in [6.45, 7) is 2.58. The van der Waals surface area contributed by atoms with E-state index >= 15 is 0 Å². The number of esters is 1. The molecule has 108 valence electrons. The van der Waals surface area contributed by atoms with Crippen molar-refractivity contribution >= 4 is 11.8 Å². The molecule has 0 amide bonds. The largest absolute Gasteiger partial charge is 0.463 e. The number of carbonyl (C=O) groups is 2. The van der Waals surface area contributed by atoms with Gasteiger partial charge in [-0.25, -0.2) is 4.79 Å². The Kier molecular flexibility index (Phi) is 3.26. The third-order valence-corrected chi connectivity index (χ3v) is 4.52. The molecule has 4 rings (SSSR count). The van der Waals surface area contributed by atoms with Gasteiger partial charge in [0.25, 0.3) is 0 Å². The van der Waals surface area contributed by atoms with Crippen LogP contribution in [0, 0.1) is 23.7 Å². The number of ether oxygens (including phenoxy) is 3. The van der Waals surface area contributed by atoms with Crippen LogP contribution >= 0.6 is 0 Å². The second-order valence-electron chi connectivity index (χ2n) is 5.34. The van der Waals surface area contributed by atoms with Crippen LogP contribution in [0.3, 0.4) is 0 Å². The Labute approximate surface area is 117 Å². The lowest BCUT2D eigenvalue weighted by Gasteiger charge is -2.45. The summed E-state index contributed by atoms with van der Waals surface area (Å²) in [5, 5.41) is 0. The van der Waals surface area contributed by atoms with Crippen molar-refractivity contribution in [3.63, 3.8) is 0 Å². The van der Waals surface area contributed by atoms with Gasteiger partial charge in [0.05, 0.1) is 13.2 Å². The minimum Gasteiger partial charge on any atom is -0.463 e. The molecule has 4 bridgehead atoms. The third-order valence-electron chi connectivity index (χ3n) is 4.52. The molecule has 0 spiro atoms. The summed E-state index contributed by atoms with van der Waals surface area (Å²) in [5.74, 6) is -1.71. The molecule has 4 aliphatic rings. The second kappa shape index (κ2) is 4.82. The molecule has 1 heterocycles.